The molecule has 0 aromatic rings. The lowest BCUT2D eigenvalue weighted by molar-refractivity contribution is -0.0826. The highest BCUT2D eigenvalue weighted by Gasteiger charge is 2.57. The first-order chi connectivity index (χ1) is 11.9. The molecule has 0 bridgehead atoms. The Hall–Kier alpha value is 0.730. The zero-order chi connectivity index (χ0) is 17.8. The summed E-state index contributed by atoms with van der Waals surface area (Å²) in [4.78, 5) is 0. The molecule has 4 rings (SSSR count). The van der Waals surface area contributed by atoms with Crippen molar-refractivity contribution in [1.82, 2.24) is 0 Å². The maximum absolute atomic E-state index is 2.70. The standard InChI is InChI=1S/C24H41I/c1-5-18-7-9-22-21-8-6-17-14-24(15-25,16(2)3)13-11-19(17)20(21)10-12-23(18,22)4/h16-22H,5-15H2,1-4H3/t17-,18+,19+,20-,21-,22+,23-,24-/m1/s1. The molecule has 0 amide bonds. The normalized spacial score (nSPS) is 52.6. The molecule has 0 radical (unpaired) electrons. The van der Waals surface area contributed by atoms with Gasteiger partial charge in [-0.15, -0.1) is 0 Å². The van der Waals surface area contributed by atoms with Crippen molar-refractivity contribution in [3.8, 4) is 0 Å². The van der Waals surface area contributed by atoms with E-state index in [4.69, 9.17) is 0 Å². The third-order valence-electron chi connectivity index (χ3n) is 10.3. The van der Waals surface area contributed by atoms with Gasteiger partial charge in [-0.2, -0.15) is 0 Å². The molecule has 0 aliphatic heterocycles. The fraction of sp³-hybridized carbons (Fsp3) is 1.00. The molecule has 0 aromatic heterocycles. The monoisotopic (exact) mass is 456 g/mol. The summed E-state index contributed by atoms with van der Waals surface area (Å²) in [5.74, 6) is 7.36. The molecule has 0 saturated heterocycles. The van der Waals surface area contributed by atoms with Crippen molar-refractivity contribution in [2.24, 2.45) is 52.3 Å². The van der Waals surface area contributed by atoms with Gasteiger partial charge in [0.05, 0.1) is 0 Å². The van der Waals surface area contributed by atoms with Crippen molar-refractivity contribution in [2.75, 3.05) is 4.43 Å². The molecule has 8 atom stereocenters. The zero-order valence-corrected chi connectivity index (χ0v) is 19.4. The average molecular weight is 456 g/mol. The topological polar surface area (TPSA) is 0 Å². The number of fused-ring (bicyclic) bond motifs is 5. The Kier molecular flexibility index (Phi) is 5.31. The summed E-state index contributed by atoms with van der Waals surface area (Å²) < 4.78 is 1.39. The van der Waals surface area contributed by atoms with Crippen LogP contribution < -0.4 is 0 Å². The van der Waals surface area contributed by atoms with Crippen molar-refractivity contribution < 1.29 is 0 Å². The predicted octanol–water partition coefficient (Wildman–Crippen LogP) is 7.74. The summed E-state index contributed by atoms with van der Waals surface area (Å²) in [6, 6.07) is 0. The molecule has 4 aliphatic carbocycles. The Morgan fingerprint density at radius 3 is 2.36 bits per heavy atom. The average Bonchev–Trinajstić information content (AvgIpc) is 2.97. The van der Waals surface area contributed by atoms with Crippen molar-refractivity contribution in [1.29, 1.82) is 0 Å². The van der Waals surface area contributed by atoms with Crippen molar-refractivity contribution >= 4 is 22.6 Å². The highest BCUT2D eigenvalue weighted by atomic mass is 127. The Balaban J connectivity index is 1.52. The van der Waals surface area contributed by atoms with E-state index in [9.17, 15) is 0 Å². The van der Waals surface area contributed by atoms with E-state index in [0.29, 0.717) is 10.8 Å². The van der Waals surface area contributed by atoms with Crippen LogP contribution >= 0.6 is 22.6 Å². The van der Waals surface area contributed by atoms with Crippen LogP contribution in [0.5, 0.6) is 0 Å². The van der Waals surface area contributed by atoms with Crippen molar-refractivity contribution in [3.05, 3.63) is 0 Å². The molecule has 0 aromatic carbocycles. The Morgan fingerprint density at radius 2 is 1.68 bits per heavy atom. The molecule has 144 valence electrons. The number of rotatable bonds is 3. The molecule has 0 spiro atoms. The molecular formula is C24H41I. The number of halogens is 1. The lowest BCUT2D eigenvalue weighted by atomic mass is 9.47. The van der Waals surface area contributed by atoms with Gasteiger partial charge in [0.25, 0.3) is 0 Å². The molecule has 0 unspecified atom stereocenters. The molecule has 0 nitrogen and oxygen atoms in total. The molecule has 4 aliphatic rings. The fourth-order valence-corrected chi connectivity index (χ4v) is 10.2. The molecule has 4 saturated carbocycles. The predicted molar refractivity (Wildman–Crippen MR) is 117 cm³/mol. The minimum atomic E-state index is 0.665. The summed E-state index contributed by atoms with van der Waals surface area (Å²) in [5.41, 5.74) is 1.37. The summed E-state index contributed by atoms with van der Waals surface area (Å²) in [7, 11) is 0. The van der Waals surface area contributed by atoms with Gasteiger partial charge >= 0.3 is 0 Å². The lowest BCUT2D eigenvalue weighted by Gasteiger charge is -2.58. The number of alkyl halides is 1. The quantitative estimate of drug-likeness (QED) is 0.301. The Morgan fingerprint density at radius 1 is 0.920 bits per heavy atom. The lowest BCUT2D eigenvalue weighted by Crippen LogP contribution is -2.50. The van der Waals surface area contributed by atoms with E-state index in [-0.39, 0.29) is 0 Å². The van der Waals surface area contributed by atoms with Crippen LogP contribution in [0.3, 0.4) is 0 Å². The molecular weight excluding hydrogens is 415 g/mol. The van der Waals surface area contributed by atoms with Gasteiger partial charge in [-0.3, -0.25) is 0 Å². The third-order valence-corrected chi connectivity index (χ3v) is 11.9. The van der Waals surface area contributed by atoms with E-state index in [1.807, 2.05) is 0 Å². The molecule has 25 heavy (non-hydrogen) atoms. The third kappa shape index (κ3) is 2.87. The van der Waals surface area contributed by atoms with Crippen LogP contribution in [0.1, 0.15) is 91.9 Å². The van der Waals surface area contributed by atoms with E-state index >= 15 is 0 Å². The van der Waals surface area contributed by atoms with Gasteiger partial charge in [-0.1, -0.05) is 56.7 Å². The van der Waals surface area contributed by atoms with Gasteiger partial charge in [0, 0.05) is 4.43 Å². The molecule has 0 heterocycles. The van der Waals surface area contributed by atoms with Crippen LogP contribution in [0, 0.1) is 52.3 Å². The first-order valence-corrected chi connectivity index (χ1v) is 13.0. The highest BCUT2D eigenvalue weighted by Crippen LogP contribution is 2.66. The van der Waals surface area contributed by atoms with E-state index < -0.39 is 0 Å². The number of hydrogen-bond donors (Lipinski definition) is 0. The summed E-state index contributed by atoms with van der Waals surface area (Å²) >= 11 is 2.70. The van der Waals surface area contributed by atoms with Gasteiger partial charge in [-0.05, 0) is 110 Å². The summed E-state index contributed by atoms with van der Waals surface area (Å²) in [5, 5.41) is 0. The highest BCUT2D eigenvalue weighted by molar-refractivity contribution is 14.1. The van der Waals surface area contributed by atoms with Gasteiger partial charge in [0.1, 0.15) is 0 Å². The second-order valence-corrected chi connectivity index (χ2v) is 11.8. The van der Waals surface area contributed by atoms with Crippen LogP contribution in [-0.4, -0.2) is 4.43 Å². The SMILES string of the molecule is CC[C@H]1CC[C@H]2[C@@H]3CC[C@@H]4C[C@](CI)(C(C)C)CC[C@@H]4[C@H]3CC[C@]12C. The van der Waals surface area contributed by atoms with Crippen LogP contribution in [0.4, 0.5) is 0 Å². The maximum Gasteiger partial charge on any atom is 0.00545 e. The van der Waals surface area contributed by atoms with Crippen LogP contribution in [0.2, 0.25) is 0 Å². The summed E-state index contributed by atoms with van der Waals surface area (Å²) in [6.07, 6.45) is 15.5. The Bertz CT molecular complexity index is 484. The smallest absolute Gasteiger partial charge is 0.00545 e. The molecule has 4 fully saturated rings. The fourth-order valence-electron chi connectivity index (χ4n) is 8.59. The minimum Gasteiger partial charge on any atom is -0.0858 e. The molecule has 0 N–H and O–H groups in total. The van der Waals surface area contributed by atoms with Crippen LogP contribution in [-0.2, 0) is 0 Å². The zero-order valence-electron chi connectivity index (χ0n) is 17.2. The minimum absolute atomic E-state index is 0.665. The first kappa shape index (κ1) is 19.1. The van der Waals surface area contributed by atoms with E-state index in [2.05, 4.69) is 50.3 Å². The maximum atomic E-state index is 2.70. The Labute approximate surface area is 170 Å². The van der Waals surface area contributed by atoms with Crippen LogP contribution in [0.25, 0.3) is 0 Å². The van der Waals surface area contributed by atoms with Gasteiger partial charge < -0.3 is 0 Å². The van der Waals surface area contributed by atoms with Gasteiger partial charge in [-0.25, -0.2) is 0 Å². The van der Waals surface area contributed by atoms with Gasteiger partial charge in [0.15, 0.2) is 0 Å². The van der Waals surface area contributed by atoms with Crippen molar-refractivity contribution in [3.63, 3.8) is 0 Å². The largest absolute Gasteiger partial charge is 0.0858 e. The second-order valence-electron chi connectivity index (χ2n) is 11.1. The van der Waals surface area contributed by atoms with Crippen LogP contribution in [0.15, 0.2) is 0 Å². The summed E-state index contributed by atoms with van der Waals surface area (Å²) in [6.45, 7) is 10.2. The van der Waals surface area contributed by atoms with Crippen molar-refractivity contribution in [2.45, 2.75) is 91.9 Å². The molecule has 1 heteroatoms. The van der Waals surface area contributed by atoms with E-state index in [1.165, 1.54) is 17.3 Å². The van der Waals surface area contributed by atoms with Gasteiger partial charge in [0.2, 0.25) is 0 Å². The number of hydrogen-bond acceptors (Lipinski definition) is 0. The van der Waals surface area contributed by atoms with E-state index in [1.54, 1.807) is 51.4 Å². The second kappa shape index (κ2) is 6.96. The first-order valence-electron chi connectivity index (χ1n) is 11.5. The van der Waals surface area contributed by atoms with E-state index in [0.717, 1.165) is 41.4 Å².